The van der Waals surface area contributed by atoms with Crippen molar-refractivity contribution >= 4 is 5.97 Å². The Kier molecular flexibility index (Phi) is 2.30. The average Bonchev–Trinajstić information content (AvgIpc) is 3.05. The van der Waals surface area contributed by atoms with Crippen LogP contribution in [0.3, 0.4) is 0 Å². The van der Waals surface area contributed by atoms with Gasteiger partial charge in [0.2, 0.25) is 0 Å². The van der Waals surface area contributed by atoms with E-state index in [0.717, 1.165) is 44.9 Å². The van der Waals surface area contributed by atoms with E-state index in [1.807, 2.05) is 0 Å². The van der Waals surface area contributed by atoms with Gasteiger partial charge in [0, 0.05) is 5.54 Å². The second kappa shape index (κ2) is 3.23. The minimum atomic E-state index is -0.111. The van der Waals surface area contributed by atoms with Crippen molar-refractivity contribution in [1.82, 2.24) is 0 Å². The van der Waals surface area contributed by atoms with E-state index in [-0.39, 0.29) is 16.9 Å². The first kappa shape index (κ1) is 9.97. The molecule has 0 radical (unpaired) electrons. The van der Waals surface area contributed by atoms with Gasteiger partial charge >= 0.3 is 5.97 Å². The highest BCUT2D eigenvalue weighted by Crippen LogP contribution is 2.51. The van der Waals surface area contributed by atoms with Gasteiger partial charge in [-0.25, -0.2) is 0 Å². The van der Waals surface area contributed by atoms with Crippen molar-refractivity contribution in [3.8, 4) is 0 Å². The molecule has 2 aliphatic rings. The molecule has 3 heteroatoms. The van der Waals surface area contributed by atoms with Crippen LogP contribution in [0.1, 0.15) is 44.9 Å². The van der Waals surface area contributed by atoms with Crippen LogP contribution >= 0.6 is 0 Å². The third-order valence-corrected chi connectivity index (χ3v) is 3.69. The highest BCUT2D eigenvalue weighted by Gasteiger charge is 2.50. The molecule has 0 saturated heterocycles. The Morgan fingerprint density at radius 2 is 1.93 bits per heavy atom. The number of rotatable bonds is 5. The molecule has 2 saturated carbocycles. The molecule has 2 aliphatic carbocycles. The van der Waals surface area contributed by atoms with Gasteiger partial charge in [-0.2, -0.15) is 0 Å². The fourth-order valence-electron chi connectivity index (χ4n) is 2.11. The van der Waals surface area contributed by atoms with Crippen LogP contribution < -0.4 is 5.73 Å². The summed E-state index contributed by atoms with van der Waals surface area (Å²) in [6.07, 6.45) is 7.47. The summed E-state index contributed by atoms with van der Waals surface area (Å²) in [7, 11) is 1.48. The second-order valence-corrected chi connectivity index (χ2v) is 4.99. The van der Waals surface area contributed by atoms with Crippen molar-refractivity contribution in [1.29, 1.82) is 0 Å². The molecule has 0 spiro atoms. The van der Waals surface area contributed by atoms with Crippen LogP contribution in [0.4, 0.5) is 0 Å². The lowest BCUT2D eigenvalue weighted by molar-refractivity contribution is -0.147. The molecule has 2 rings (SSSR count). The molecule has 3 nitrogen and oxygen atoms in total. The zero-order valence-electron chi connectivity index (χ0n) is 8.84. The first-order valence-corrected chi connectivity index (χ1v) is 5.48. The van der Waals surface area contributed by atoms with Crippen LogP contribution in [0.25, 0.3) is 0 Å². The molecule has 2 fully saturated rings. The number of methoxy groups -OCH3 is 1. The van der Waals surface area contributed by atoms with E-state index < -0.39 is 0 Å². The summed E-state index contributed by atoms with van der Waals surface area (Å²) in [5.74, 6) is -0.0145. The minimum Gasteiger partial charge on any atom is -0.469 e. The standard InChI is InChI=1S/C11H19NO2/c1-14-9(13)10(5-6-10)3-2-4-11(12)7-8-11/h2-8,12H2,1H3. The number of hydrogen-bond acceptors (Lipinski definition) is 3. The summed E-state index contributed by atoms with van der Waals surface area (Å²) in [6, 6.07) is 0. The topological polar surface area (TPSA) is 52.3 Å². The monoisotopic (exact) mass is 197 g/mol. The Labute approximate surface area is 85.0 Å². The maximum absolute atomic E-state index is 11.4. The predicted molar refractivity (Wildman–Crippen MR) is 53.7 cm³/mol. The van der Waals surface area contributed by atoms with Gasteiger partial charge in [-0.15, -0.1) is 0 Å². The Hall–Kier alpha value is -0.570. The molecular formula is C11H19NO2. The summed E-state index contributed by atoms with van der Waals surface area (Å²) in [4.78, 5) is 11.4. The molecule has 0 atom stereocenters. The zero-order valence-corrected chi connectivity index (χ0v) is 8.84. The van der Waals surface area contributed by atoms with E-state index in [4.69, 9.17) is 10.5 Å². The highest BCUT2D eigenvalue weighted by molar-refractivity contribution is 5.79. The molecule has 0 aromatic rings. The van der Waals surface area contributed by atoms with Gasteiger partial charge < -0.3 is 10.5 Å². The van der Waals surface area contributed by atoms with Crippen molar-refractivity contribution in [3.05, 3.63) is 0 Å². The van der Waals surface area contributed by atoms with Crippen molar-refractivity contribution in [2.24, 2.45) is 11.1 Å². The van der Waals surface area contributed by atoms with Crippen LogP contribution in [-0.2, 0) is 9.53 Å². The lowest BCUT2D eigenvalue weighted by Gasteiger charge is -2.13. The molecule has 0 aromatic heterocycles. The zero-order chi connectivity index (χ0) is 10.2. The minimum absolute atomic E-state index is 0.0145. The van der Waals surface area contributed by atoms with Crippen LogP contribution in [-0.4, -0.2) is 18.6 Å². The fourth-order valence-corrected chi connectivity index (χ4v) is 2.11. The van der Waals surface area contributed by atoms with Crippen LogP contribution in [0.5, 0.6) is 0 Å². The largest absolute Gasteiger partial charge is 0.469 e. The van der Waals surface area contributed by atoms with Crippen molar-refractivity contribution < 1.29 is 9.53 Å². The summed E-state index contributed by atoms with van der Waals surface area (Å²) in [6.45, 7) is 0. The Morgan fingerprint density at radius 3 is 2.36 bits per heavy atom. The molecule has 0 heterocycles. The second-order valence-electron chi connectivity index (χ2n) is 4.99. The number of esters is 1. The van der Waals surface area contributed by atoms with Crippen LogP contribution in [0.15, 0.2) is 0 Å². The van der Waals surface area contributed by atoms with Gasteiger partial charge in [0.15, 0.2) is 0 Å². The normalized spacial score (nSPS) is 25.6. The third-order valence-electron chi connectivity index (χ3n) is 3.69. The van der Waals surface area contributed by atoms with Gasteiger partial charge in [-0.05, 0) is 38.5 Å². The maximum Gasteiger partial charge on any atom is 0.311 e. The number of carbonyl (C=O) groups excluding carboxylic acids is 1. The molecule has 0 unspecified atom stereocenters. The summed E-state index contributed by atoms with van der Waals surface area (Å²) in [5, 5.41) is 0. The number of hydrogen-bond donors (Lipinski definition) is 1. The van der Waals surface area contributed by atoms with E-state index >= 15 is 0 Å². The van der Waals surface area contributed by atoms with Crippen LogP contribution in [0.2, 0.25) is 0 Å². The van der Waals surface area contributed by atoms with E-state index in [0.29, 0.717) is 0 Å². The number of ether oxygens (including phenoxy) is 1. The molecule has 14 heavy (non-hydrogen) atoms. The van der Waals surface area contributed by atoms with E-state index in [9.17, 15) is 4.79 Å². The number of nitrogens with two attached hydrogens (primary N) is 1. The van der Waals surface area contributed by atoms with Crippen molar-refractivity contribution in [2.75, 3.05) is 7.11 Å². The quantitative estimate of drug-likeness (QED) is 0.681. The predicted octanol–water partition coefficient (Wildman–Crippen LogP) is 1.60. The molecule has 2 N–H and O–H groups in total. The van der Waals surface area contributed by atoms with E-state index in [1.54, 1.807) is 0 Å². The number of carbonyl (C=O) groups is 1. The summed E-state index contributed by atoms with van der Waals surface area (Å²) in [5.41, 5.74) is 6.01. The molecule has 0 aromatic carbocycles. The maximum atomic E-state index is 11.4. The molecular weight excluding hydrogens is 178 g/mol. The van der Waals surface area contributed by atoms with Gasteiger partial charge in [-0.1, -0.05) is 6.42 Å². The van der Waals surface area contributed by atoms with Gasteiger partial charge in [0.25, 0.3) is 0 Å². The Bertz CT molecular complexity index is 242. The Morgan fingerprint density at radius 1 is 1.29 bits per heavy atom. The fraction of sp³-hybridized carbons (Fsp3) is 0.909. The molecule has 0 amide bonds. The smallest absolute Gasteiger partial charge is 0.311 e. The van der Waals surface area contributed by atoms with Crippen LogP contribution in [0, 0.1) is 5.41 Å². The molecule has 0 aliphatic heterocycles. The molecule has 0 bridgehead atoms. The lowest BCUT2D eigenvalue weighted by Crippen LogP contribution is -2.23. The molecule has 80 valence electrons. The average molecular weight is 197 g/mol. The van der Waals surface area contributed by atoms with Gasteiger partial charge in [0.05, 0.1) is 12.5 Å². The first-order chi connectivity index (χ1) is 6.60. The van der Waals surface area contributed by atoms with Gasteiger partial charge in [0.1, 0.15) is 0 Å². The van der Waals surface area contributed by atoms with Crippen molar-refractivity contribution in [3.63, 3.8) is 0 Å². The van der Waals surface area contributed by atoms with E-state index in [1.165, 1.54) is 7.11 Å². The van der Waals surface area contributed by atoms with Gasteiger partial charge in [-0.3, -0.25) is 4.79 Å². The summed E-state index contributed by atoms with van der Waals surface area (Å²) >= 11 is 0. The third kappa shape index (κ3) is 1.92. The Balaban J connectivity index is 1.72. The van der Waals surface area contributed by atoms with Crippen molar-refractivity contribution in [2.45, 2.75) is 50.5 Å². The van der Waals surface area contributed by atoms with E-state index in [2.05, 4.69) is 0 Å². The highest BCUT2D eigenvalue weighted by atomic mass is 16.5. The lowest BCUT2D eigenvalue weighted by atomic mass is 9.97. The summed E-state index contributed by atoms with van der Waals surface area (Å²) < 4.78 is 4.81. The first-order valence-electron chi connectivity index (χ1n) is 5.48. The SMILES string of the molecule is COC(=O)C1(CCCC2(N)CC2)CC1.